The smallest absolute Gasteiger partial charge is 0.339 e. The molecule has 0 fully saturated rings. The standard InChI is InChI=1S/C22H16F3N5O3/c1-12-10-18(31)19(28-30(12)15-7-5-6-14(11-15)22(23,24)25)21(32)27-17-9-4-3-8-16(17)20-26-13(2)33-29-20/h3-11H,1-2H3,(H,27,32). The maximum absolute atomic E-state index is 13.1. The number of carbonyl (C=O) groups excluding carboxylic acids is 1. The van der Waals surface area contributed by atoms with Crippen LogP contribution in [0.3, 0.4) is 0 Å². The Bertz CT molecular complexity index is 1410. The summed E-state index contributed by atoms with van der Waals surface area (Å²) in [5, 5.41) is 10.5. The maximum Gasteiger partial charge on any atom is 0.416 e. The summed E-state index contributed by atoms with van der Waals surface area (Å²) < 4.78 is 45.4. The molecule has 2 aromatic carbocycles. The van der Waals surface area contributed by atoms with Crippen molar-refractivity contribution in [1.82, 2.24) is 19.9 Å². The molecule has 0 saturated carbocycles. The lowest BCUT2D eigenvalue weighted by Crippen LogP contribution is -2.27. The Kier molecular flexibility index (Phi) is 5.54. The van der Waals surface area contributed by atoms with Crippen molar-refractivity contribution >= 4 is 11.6 Å². The molecule has 1 amide bonds. The van der Waals surface area contributed by atoms with Crippen molar-refractivity contribution in [3.63, 3.8) is 0 Å². The van der Waals surface area contributed by atoms with E-state index in [9.17, 15) is 22.8 Å². The highest BCUT2D eigenvalue weighted by Gasteiger charge is 2.30. The van der Waals surface area contributed by atoms with Crippen molar-refractivity contribution in [3.05, 3.63) is 87.7 Å². The van der Waals surface area contributed by atoms with Gasteiger partial charge in [0.1, 0.15) is 0 Å². The normalized spacial score (nSPS) is 11.4. The molecular formula is C22H16F3N5O3. The first-order valence-corrected chi connectivity index (χ1v) is 9.63. The number of alkyl halides is 3. The molecule has 4 rings (SSSR count). The van der Waals surface area contributed by atoms with Crippen LogP contribution >= 0.6 is 0 Å². The second-order valence-electron chi connectivity index (χ2n) is 7.10. The minimum atomic E-state index is -4.56. The number of carbonyl (C=O) groups is 1. The highest BCUT2D eigenvalue weighted by atomic mass is 19.4. The predicted molar refractivity (Wildman–Crippen MR) is 112 cm³/mol. The molecule has 0 aliphatic rings. The monoisotopic (exact) mass is 455 g/mol. The fourth-order valence-electron chi connectivity index (χ4n) is 3.16. The summed E-state index contributed by atoms with van der Waals surface area (Å²) in [5.41, 5.74) is -0.977. The Morgan fingerprint density at radius 1 is 1.06 bits per heavy atom. The van der Waals surface area contributed by atoms with Gasteiger partial charge in [0.25, 0.3) is 5.91 Å². The van der Waals surface area contributed by atoms with Gasteiger partial charge in [0.05, 0.1) is 16.9 Å². The fourth-order valence-corrected chi connectivity index (χ4v) is 3.16. The SMILES string of the molecule is Cc1nc(-c2ccccc2NC(=O)c2nn(-c3cccc(C(F)(F)F)c3)c(C)cc2=O)no1. The largest absolute Gasteiger partial charge is 0.416 e. The van der Waals surface area contributed by atoms with E-state index in [1.54, 1.807) is 31.2 Å². The van der Waals surface area contributed by atoms with E-state index in [4.69, 9.17) is 4.52 Å². The molecule has 1 N–H and O–H groups in total. The molecule has 0 radical (unpaired) electrons. The average Bonchev–Trinajstić information content (AvgIpc) is 3.19. The van der Waals surface area contributed by atoms with Crippen LogP contribution in [-0.2, 0) is 6.18 Å². The number of aryl methyl sites for hydroxylation is 2. The van der Waals surface area contributed by atoms with Crippen LogP contribution in [0.15, 0.2) is 63.9 Å². The van der Waals surface area contributed by atoms with Crippen molar-refractivity contribution in [1.29, 1.82) is 0 Å². The van der Waals surface area contributed by atoms with E-state index in [0.717, 1.165) is 22.9 Å². The van der Waals surface area contributed by atoms with Gasteiger partial charge in [0, 0.05) is 24.2 Å². The summed E-state index contributed by atoms with van der Waals surface area (Å²) >= 11 is 0. The van der Waals surface area contributed by atoms with Gasteiger partial charge in [-0.15, -0.1) is 0 Å². The van der Waals surface area contributed by atoms with Gasteiger partial charge < -0.3 is 9.84 Å². The Morgan fingerprint density at radius 3 is 2.52 bits per heavy atom. The molecule has 0 unspecified atom stereocenters. The number of nitrogens with one attached hydrogen (secondary N) is 1. The van der Waals surface area contributed by atoms with Crippen molar-refractivity contribution in [2.24, 2.45) is 0 Å². The van der Waals surface area contributed by atoms with Crippen LogP contribution in [0.4, 0.5) is 18.9 Å². The van der Waals surface area contributed by atoms with Gasteiger partial charge in [0.15, 0.2) is 5.69 Å². The Morgan fingerprint density at radius 2 is 1.82 bits per heavy atom. The van der Waals surface area contributed by atoms with Gasteiger partial charge >= 0.3 is 6.18 Å². The molecule has 2 aromatic heterocycles. The maximum atomic E-state index is 13.1. The van der Waals surface area contributed by atoms with Gasteiger partial charge in [-0.3, -0.25) is 9.59 Å². The number of anilines is 1. The van der Waals surface area contributed by atoms with Crippen molar-refractivity contribution < 1.29 is 22.5 Å². The number of hydrogen-bond acceptors (Lipinski definition) is 6. The zero-order valence-electron chi connectivity index (χ0n) is 17.3. The molecule has 0 bridgehead atoms. The second-order valence-corrected chi connectivity index (χ2v) is 7.10. The van der Waals surface area contributed by atoms with Crippen LogP contribution in [0.5, 0.6) is 0 Å². The molecular weight excluding hydrogens is 439 g/mol. The van der Waals surface area contributed by atoms with Crippen LogP contribution in [0, 0.1) is 13.8 Å². The molecule has 4 aromatic rings. The summed E-state index contributed by atoms with van der Waals surface area (Å²) in [6.45, 7) is 3.12. The number of benzene rings is 2. The van der Waals surface area contributed by atoms with Crippen LogP contribution < -0.4 is 10.7 Å². The number of rotatable bonds is 4. The average molecular weight is 455 g/mol. The number of aromatic nitrogens is 4. The highest BCUT2D eigenvalue weighted by Crippen LogP contribution is 2.30. The summed E-state index contributed by atoms with van der Waals surface area (Å²) in [7, 11) is 0. The minimum absolute atomic E-state index is 0.0547. The van der Waals surface area contributed by atoms with Crippen LogP contribution in [-0.4, -0.2) is 25.8 Å². The van der Waals surface area contributed by atoms with E-state index in [-0.39, 0.29) is 17.2 Å². The Labute approximate surface area is 184 Å². The lowest BCUT2D eigenvalue weighted by Gasteiger charge is -2.14. The van der Waals surface area contributed by atoms with Gasteiger partial charge in [-0.2, -0.15) is 23.3 Å². The summed E-state index contributed by atoms with van der Waals surface area (Å²) in [6.07, 6.45) is -4.56. The number of amides is 1. The molecule has 0 aliphatic carbocycles. The first-order chi connectivity index (χ1) is 15.6. The Hall–Kier alpha value is -4.28. The van der Waals surface area contributed by atoms with Gasteiger partial charge in [-0.05, 0) is 37.3 Å². The quantitative estimate of drug-likeness (QED) is 0.496. The minimum Gasteiger partial charge on any atom is -0.339 e. The van der Waals surface area contributed by atoms with E-state index in [0.29, 0.717) is 17.1 Å². The Balaban J connectivity index is 1.72. The number of hydrogen-bond donors (Lipinski definition) is 1. The molecule has 0 spiro atoms. The number of nitrogens with zero attached hydrogens (tertiary/aromatic N) is 4. The number of para-hydroxylation sites is 1. The molecule has 0 saturated heterocycles. The van der Waals surface area contributed by atoms with Crippen molar-refractivity contribution in [2.75, 3.05) is 5.32 Å². The first kappa shape index (κ1) is 21.9. The highest BCUT2D eigenvalue weighted by molar-refractivity contribution is 6.04. The molecule has 11 heteroatoms. The van der Waals surface area contributed by atoms with E-state index in [1.807, 2.05) is 0 Å². The summed E-state index contributed by atoms with van der Waals surface area (Å²) in [6, 6.07) is 12.2. The number of halogens is 3. The zero-order chi connectivity index (χ0) is 23.8. The molecule has 2 heterocycles. The van der Waals surface area contributed by atoms with Crippen molar-refractivity contribution in [3.8, 4) is 17.1 Å². The molecule has 168 valence electrons. The molecule has 33 heavy (non-hydrogen) atoms. The van der Waals surface area contributed by atoms with Crippen LogP contribution in [0.1, 0.15) is 27.6 Å². The first-order valence-electron chi connectivity index (χ1n) is 9.63. The zero-order valence-corrected chi connectivity index (χ0v) is 17.3. The molecule has 0 aliphatic heterocycles. The third-order valence-corrected chi connectivity index (χ3v) is 4.68. The predicted octanol–water partition coefficient (Wildman–Crippen LogP) is 4.17. The van der Waals surface area contributed by atoms with Crippen LogP contribution in [0.25, 0.3) is 17.1 Å². The van der Waals surface area contributed by atoms with E-state index in [2.05, 4.69) is 20.6 Å². The van der Waals surface area contributed by atoms with Gasteiger partial charge in [0.2, 0.25) is 17.1 Å². The van der Waals surface area contributed by atoms with E-state index >= 15 is 0 Å². The third-order valence-electron chi connectivity index (χ3n) is 4.68. The lowest BCUT2D eigenvalue weighted by molar-refractivity contribution is -0.137. The topological polar surface area (TPSA) is 103 Å². The van der Waals surface area contributed by atoms with Crippen LogP contribution in [0.2, 0.25) is 0 Å². The lowest BCUT2D eigenvalue weighted by atomic mass is 10.1. The summed E-state index contributed by atoms with van der Waals surface area (Å²) in [4.78, 5) is 29.5. The van der Waals surface area contributed by atoms with Crippen molar-refractivity contribution in [2.45, 2.75) is 20.0 Å². The van der Waals surface area contributed by atoms with Gasteiger partial charge in [-0.25, -0.2) is 4.68 Å². The third kappa shape index (κ3) is 4.52. The van der Waals surface area contributed by atoms with Gasteiger partial charge in [-0.1, -0.05) is 23.4 Å². The second kappa shape index (κ2) is 8.34. The summed E-state index contributed by atoms with van der Waals surface area (Å²) in [5.74, 6) is -0.273. The molecule has 8 nitrogen and oxygen atoms in total. The van der Waals surface area contributed by atoms with E-state index in [1.165, 1.54) is 19.1 Å². The van der Waals surface area contributed by atoms with E-state index < -0.39 is 28.8 Å². The molecule has 0 atom stereocenters. The fraction of sp³-hybridized carbons (Fsp3) is 0.136.